The van der Waals surface area contributed by atoms with Crippen molar-refractivity contribution in [3.05, 3.63) is 56.7 Å². The van der Waals surface area contributed by atoms with Gasteiger partial charge in [-0.3, -0.25) is 14.3 Å². The summed E-state index contributed by atoms with van der Waals surface area (Å²) in [7, 11) is 0. The van der Waals surface area contributed by atoms with Crippen molar-refractivity contribution < 1.29 is 9.90 Å². The highest BCUT2D eigenvalue weighted by Gasteiger charge is 2.21. The van der Waals surface area contributed by atoms with Gasteiger partial charge in [0.05, 0.1) is 0 Å². The van der Waals surface area contributed by atoms with Crippen molar-refractivity contribution in [1.82, 2.24) is 19.1 Å². The van der Waals surface area contributed by atoms with Crippen molar-refractivity contribution in [2.45, 2.75) is 52.1 Å². The zero-order valence-electron chi connectivity index (χ0n) is 17.5. The first-order chi connectivity index (χ1) is 15.0. The van der Waals surface area contributed by atoms with Crippen LogP contribution in [0.25, 0.3) is 28.6 Å². The van der Waals surface area contributed by atoms with Crippen LogP contribution in [0.15, 0.2) is 39.9 Å². The fourth-order valence-electron chi connectivity index (χ4n) is 4.38. The Kier molecular flexibility index (Phi) is 5.88. The van der Waals surface area contributed by atoms with Gasteiger partial charge >= 0.3 is 11.7 Å². The summed E-state index contributed by atoms with van der Waals surface area (Å²) in [6.45, 7) is 2.90. The Hall–Kier alpha value is -3.42. The van der Waals surface area contributed by atoms with E-state index in [0.29, 0.717) is 36.0 Å². The van der Waals surface area contributed by atoms with E-state index in [1.165, 1.54) is 17.1 Å². The number of hydrogen-bond acceptors (Lipinski definition) is 4. The minimum absolute atomic E-state index is 0.293. The molecule has 2 N–H and O–H groups in total. The first-order valence-electron chi connectivity index (χ1n) is 10.7. The third-order valence-electron chi connectivity index (χ3n) is 5.95. The van der Waals surface area contributed by atoms with E-state index >= 15 is 0 Å². The van der Waals surface area contributed by atoms with Crippen molar-refractivity contribution in [1.29, 1.82) is 0 Å². The number of carboxylic acid groups (broad SMARTS) is 1. The molecule has 0 amide bonds. The summed E-state index contributed by atoms with van der Waals surface area (Å²) in [6.07, 6.45) is 8.20. The molecular weight excluding hydrogens is 396 g/mol. The van der Waals surface area contributed by atoms with Crippen LogP contribution in [0.3, 0.4) is 0 Å². The number of nitrogens with zero attached hydrogens (tertiary/aromatic N) is 3. The molecule has 0 radical (unpaired) electrons. The van der Waals surface area contributed by atoms with E-state index in [1.807, 2.05) is 23.6 Å². The lowest BCUT2D eigenvalue weighted by Crippen LogP contribution is -2.38. The van der Waals surface area contributed by atoms with Crippen LogP contribution < -0.4 is 11.2 Å². The third-order valence-corrected chi connectivity index (χ3v) is 5.95. The van der Waals surface area contributed by atoms with Gasteiger partial charge in [-0.05, 0) is 37.3 Å². The number of fused-ring (bicyclic) bond motifs is 1. The lowest BCUT2D eigenvalue weighted by Gasteiger charge is -2.21. The number of aryl methyl sites for hydroxylation is 1. The van der Waals surface area contributed by atoms with Gasteiger partial charge in [0.15, 0.2) is 11.2 Å². The molecule has 2 aromatic heterocycles. The highest BCUT2D eigenvalue weighted by atomic mass is 16.4. The summed E-state index contributed by atoms with van der Waals surface area (Å²) < 4.78 is 3.16. The quantitative estimate of drug-likeness (QED) is 0.593. The minimum Gasteiger partial charge on any atom is -0.478 e. The maximum Gasteiger partial charge on any atom is 0.330 e. The van der Waals surface area contributed by atoms with Gasteiger partial charge in [0.2, 0.25) is 0 Å². The Balaban J connectivity index is 1.75. The summed E-state index contributed by atoms with van der Waals surface area (Å²) in [6, 6.07) is 7.23. The van der Waals surface area contributed by atoms with E-state index in [2.05, 4.69) is 9.97 Å². The van der Waals surface area contributed by atoms with Crippen LogP contribution in [0.4, 0.5) is 0 Å². The normalized spacial score (nSPS) is 15.1. The van der Waals surface area contributed by atoms with E-state index in [1.54, 1.807) is 12.1 Å². The molecule has 31 heavy (non-hydrogen) atoms. The van der Waals surface area contributed by atoms with E-state index in [-0.39, 0.29) is 5.56 Å². The number of aromatic amines is 1. The van der Waals surface area contributed by atoms with Crippen molar-refractivity contribution in [2.24, 2.45) is 5.92 Å². The van der Waals surface area contributed by atoms with Gasteiger partial charge in [0.1, 0.15) is 5.82 Å². The zero-order valence-corrected chi connectivity index (χ0v) is 17.5. The predicted octanol–water partition coefficient (Wildman–Crippen LogP) is 3.25. The minimum atomic E-state index is -1.01. The second-order valence-electron chi connectivity index (χ2n) is 8.02. The summed E-state index contributed by atoms with van der Waals surface area (Å²) in [5, 5.41) is 8.77. The third kappa shape index (κ3) is 4.23. The first kappa shape index (κ1) is 20.8. The van der Waals surface area contributed by atoms with E-state index in [0.717, 1.165) is 42.9 Å². The highest BCUT2D eigenvalue weighted by Crippen LogP contribution is 2.25. The monoisotopic (exact) mass is 422 g/mol. The summed E-state index contributed by atoms with van der Waals surface area (Å²) in [4.78, 5) is 44.0. The molecule has 1 fully saturated rings. The molecule has 162 valence electrons. The van der Waals surface area contributed by atoms with Crippen LogP contribution >= 0.6 is 0 Å². The molecule has 0 unspecified atom stereocenters. The van der Waals surface area contributed by atoms with Crippen LogP contribution in [-0.4, -0.2) is 30.2 Å². The molecule has 1 aliphatic rings. The standard InChI is InChI=1S/C23H26N4O4/c1-2-26-19-20(24-21(26)17-11-8-15(9-12-17)10-13-18(28)29)25-23(31)27(22(19)30)14-16-6-4-3-5-7-16/h8-13,16H,2-7,14H2,1H3,(H,25,31)(H,28,29)/b13-10+. The summed E-state index contributed by atoms with van der Waals surface area (Å²) >= 11 is 0. The summed E-state index contributed by atoms with van der Waals surface area (Å²) in [5.41, 5.74) is 1.51. The molecule has 0 spiro atoms. The molecule has 0 aliphatic heterocycles. The van der Waals surface area contributed by atoms with Gasteiger partial charge < -0.3 is 9.67 Å². The Labute approximate surface area is 178 Å². The maximum absolute atomic E-state index is 13.3. The Morgan fingerprint density at radius 3 is 2.52 bits per heavy atom. The van der Waals surface area contributed by atoms with Gasteiger partial charge in [-0.1, -0.05) is 43.5 Å². The molecule has 0 saturated heterocycles. The van der Waals surface area contributed by atoms with Crippen LogP contribution in [0, 0.1) is 5.92 Å². The van der Waals surface area contributed by atoms with Gasteiger partial charge in [-0.15, -0.1) is 0 Å². The second kappa shape index (κ2) is 8.75. The number of carbonyl (C=O) groups is 1. The number of imidazole rings is 1. The van der Waals surface area contributed by atoms with Gasteiger partial charge in [-0.2, -0.15) is 0 Å². The lowest BCUT2D eigenvalue weighted by atomic mass is 9.89. The summed E-state index contributed by atoms with van der Waals surface area (Å²) in [5.74, 6) is -0.0615. The molecule has 3 aromatic rings. The number of benzene rings is 1. The zero-order chi connectivity index (χ0) is 22.0. The van der Waals surface area contributed by atoms with Gasteiger partial charge in [0, 0.05) is 24.7 Å². The molecule has 1 aromatic carbocycles. The number of carboxylic acids is 1. The fourth-order valence-corrected chi connectivity index (χ4v) is 4.38. The molecule has 4 rings (SSSR count). The van der Waals surface area contributed by atoms with Crippen molar-refractivity contribution >= 4 is 23.2 Å². The van der Waals surface area contributed by atoms with Crippen LogP contribution in [0.2, 0.25) is 0 Å². The topological polar surface area (TPSA) is 110 Å². The van der Waals surface area contributed by atoms with Crippen molar-refractivity contribution in [3.63, 3.8) is 0 Å². The highest BCUT2D eigenvalue weighted by molar-refractivity contribution is 5.85. The molecule has 1 aliphatic carbocycles. The van der Waals surface area contributed by atoms with E-state index in [9.17, 15) is 14.4 Å². The number of aliphatic carboxylic acids is 1. The lowest BCUT2D eigenvalue weighted by molar-refractivity contribution is -0.131. The Morgan fingerprint density at radius 2 is 1.87 bits per heavy atom. The van der Waals surface area contributed by atoms with Crippen LogP contribution in [-0.2, 0) is 17.9 Å². The van der Waals surface area contributed by atoms with Crippen LogP contribution in [0.5, 0.6) is 0 Å². The smallest absolute Gasteiger partial charge is 0.330 e. The SMILES string of the molecule is CCn1c(-c2ccc(/C=C/C(=O)O)cc2)nc2[nH]c(=O)n(CC3CCCCC3)c(=O)c21. The average molecular weight is 422 g/mol. The number of hydrogen-bond donors (Lipinski definition) is 2. The van der Waals surface area contributed by atoms with E-state index in [4.69, 9.17) is 5.11 Å². The molecule has 0 atom stereocenters. The predicted molar refractivity (Wildman–Crippen MR) is 119 cm³/mol. The van der Waals surface area contributed by atoms with Gasteiger partial charge in [-0.25, -0.2) is 14.6 Å². The van der Waals surface area contributed by atoms with Crippen molar-refractivity contribution in [2.75, 3.05) is 0 Å². The Morgan fingerprint density at radius 1 is 1.16 bits per heavy atom. The van der Waals surface area contributed by atoms with E-state index < -0.39 is 11.7 Å². The van der Waals surface area contributed by atoms with Crippen molar-refractivity contribution in [3.8, 4) is 11.4 Å². The number of rotatable bonds is 6. The average Bonchev–Trinajstić information content (AvgIpc) is 3.14. The molecule has 2 heterocycles. The molecule has 0 bridgehead atoms. The Bertz CT molecular complexity index is 1240. The number of nitrogens with one attached hydrogen (secondary N) is 1. The molecule has 1 saturated carbocycles. The number of H-pyrrole nitrogens is 1. The first-order valence-corrected chi connectivity index (χ1v) is 10.7. The second-order valence-corrected chi connectivity index (χ2v) is 8.02. The van der Waals surface area contributed by atoms with Crippen LogP contribution in [0.1, 0.15) is 44.6 Å². The maximum atomic E-state index is 13.3. The molecule has 8 nitrogen and oxygen atoms in total. The molecule has 8 heteroatoms. The fraction of sp³-hybridized carbons (Fsp3) is 0.391. The number of aromatic nitrogens is 4. The largest absolute Gasteiger partial charge is 0.478 e. The molecular formula is C23H26N4O4. The van der Waals surface area contributed by atoms with Gasteiger partial charge in [0.25, 0.3) is 5.56 Å².